The van der Waals surface area contributed by atoms with E-state index < -0.39 is 0 Å². The summed E-state index contributed by atoms with van der Waals surface area (Å²) in [5.41, 5.74) is 13.5. The van der Waals surface area contributed by atoms with Gasteiger partial charge in [-0.2, -0.15) is 0 Å². The molecule has 0 saturated heterocycles. The molecule has 5 nitrogen and oxygen atoms in total. The molecule has 0 unspecified atom stereocenters. The molecule has 5 heteroatoms. The van der Waals surface area contributed by atoms with Crippen LogP contribution in [0.25, 0.3) is 111 Å². The van der Waals surface area contributed by atoms with Crippen molar-refractivity contribution in [3.63, 3.8) is 0 Å². The molecule has 0 spiro atoms. The highest BCUT2D eigenvalue weighted by atomic mass is 16.3. The maximum Gasteiger partial charge on any atom is 0.235 e. The summed E-state index contributed by atoms with van der Waals surface area (Å²) in [4.78, 5) is 10.4. The fraction of sp³-hybridized carbons (Fsp3) is 0. The molecule has 0 saturated carbocycles. The van der Waals surface area contributed by atoms with E-state index in [1.807, 2.05) is 24.3 Å². The monoisotopic (exact) mass is 728 g/mol. The summed E-state index contributed by atoms with van der Waals surface area (Å²) in [5.74, 6) is 0.643. The van der Waals surface area contributed by atoms with Crippen LogP contribution in [0.15, 0.2) is 199 Å². The second-order valence-corrected chi connectivity index (χ2v) is 14.6. The summed E-state index contributed by atoms with van der Waals surface area (Å²) in [6, 6.07) is 68.3. The van der Waals surface area contributed by atoms with E-state index >= 15 is 0 Å². The lowest BCUT2D eigenvalue weighted by atomic mass is 10.0. The molecule has 12 aromatic rings. The van der Waals surface area contributed by atoms with E-state index in [-0.39, 0.29) is 0 Å². The van der Waals surface area contributed by atoms with Crippen molar-refractivity contribution in [2.45, 2.75) is 0 Å². The standard InChI is InChI=1S/C52H32N4O/c1-3-13-34(14-4-1)43-32-44(35-15-5-2-6-16-35)54-52(53-43)56-45-20-10-7-17-38(45)42-31-36(25-29-47(42)56)33-23-26-37(27-24-33)55-46-21-11-8-19-41(46)50-48(55)30-28-40-39-18-9-12-22-49(39)57-51(40)50/h1-32H. The van der Waals surface area contributed by atoms with Gasteiger partial charge in [-0.3, -0.25) is 4.57 Å². The highest BCUT2D eigenvalue weighted by molar-refractivity contribution is 6.23. The van der Waals surface area contributed by atoms with E-state index in [2.05, 4.69) is 179 Å². The van der Waals surface area contributed by atoms with Crippen molar-refractivity contribution in [3.8, 4) is 45.3 Å². The zero-order valence-corrected chi connectivity index (χ0v) is 30.7. The van der Waals surface area contributed by atoms with E-state index in [1.165, 1.54) is 5.39 Å². The number of benzene rings is 8. The molecular formula is C52H32N4O. The summed E-state index contributed by atoms with van der Waals surface area (Å²) in [5, 5.41) is 6.90. The molecular weight excluding hydrogens is 697 g/mol. The topological polar surface area (TPSA) is 48.8 Å². The molecule has 0 atom stereocenters. The van der Waals surface area contributed by atoms with Crippen LogP contribution in [0.5, 0.6) is 0 Å². The van der Waals surface area contributed by atoms with Gasteiger partial charge in [0, 0.05) is 43.7 Å². The van der Waals surface area contributed by atoms with Crippen molar-refractivity contribution in [2.75, 3.05) is 0 Å². The van der Waals surface area contributed by atoms with E-state index in [9.17, 15) is 0 Å². The third-order valence-corrected chi connectivity index (χ3v) is 11.4. The molecule has 0 fully saturated rings. The van der Waals surface area contributed by atoms with Crippen LogP contribution in [0.3, 0.4) is 0 Å². The van der Waals surface area contributed by atoms with Crippen LogP contribution >= 0.6 is 0 Å². The predicted octanol–water partition coefficient (Wildman–Crippen LogP) is 13.6. The smallest absolute Gasteiger partial charge is 0.235 e. The molecule has 0 N–H and O–H groups in total. The molecule has 8 aromatic carbocycles. The van der Waals surface area contributed by atoms with E-state index in [1.54, 1.807) is 0 Å². The first-order valence-electron chi connectivity index (χ1n) is 19.2. The Hall–Kier alpha value is -7.76. The molecule has 0 aliphatic rings. The number of hydrogen-bond acceptors (Lipinski definition) is 3. The second-order valence-electron chi connectivity index (χ2n) is 14.6. The van der Waals surface area contributed by atoms with Crippen molar-refractivity contribution >= 4 is 65.6 Å². The summed E-state index contributed by atoms with van der Waals surface area (Å²) in [7, 11) is 0. The Morgan fingerprint density at radius 3 is 1.63 bits per heavy atom. The lowest BCUT2D eigenvalue weighted by Crippen LogP contribution is -2.03. The molecule has 4 aromatic heterocycles. The number of furan rings is 1. The Kier molecular flexibility index (Phi) is 6.86. The van der Waals surface area contributed by atoms with E-state index in [0.717, 1.165) is 99.5 Å². The van der Waals surface area contributed by atoms with Gasteiger partial charge in [0.2, 0.25) is 5.95 Å². The van der Waals surface area contributed by atoms with Gasteiger partial charge in [-0.05, 0) is 71.8 Å². The first kappa shape index (κ1) is 31.6. The lowest BCUT2D eigenvalue weighted by molar-refractivity contribution is 0.673. The minimum atomic E-state index is 0.643. The predicted molar refractivity (Wildman–Crippen MR) is 234 cm³/mol. The largest absolute Gasteiger partial charge is 0.455 e. The van der Waals surface area contributed by atoms with Gasteiger partial charge in [-0.25, -0.2) is 9.97 Å². The number of rotatable bonds is 5. The molecule has 4 heterocycles. The summed E-state index contributed by atoms with van der Waals surface area (Å²) in [6.45, 7) is 0. The average Bonchev–Trinajstić information content (AvgIpc) is 3.94. The van der Waals surface area contributed by atoms with Crippen molar-refractivity contribution in [2.24, 2.45) is 0 Å². The highest BCUT2D eigenvalue weighted by Crippen LogP contribution is 2.41. The number of aromatic nitrogens is 4. The van der Waals surface area contributed by atoms with Crippen LogP contribution < -0.4 is 0 Å². The third-order valence-electron chi connectivity index (χ3n) is 11.4. The summed E-state index contributed by atoms with van der Waals surface area (Å²) < 4.78 is 11.1. The average molecular weight is 729 g/mol. The molecule has 0 amide bonds. The van der Waals surface area contributed by atoms with Gasteiger partial charge in [0.15, 0.2) is 0 Å². The fourth-order valence-corrected chi connectivity index (χ4v) is 8.73. The number of fused-ring (bicyclic) bond motifs is 10. The molecule has 266 valence electrons. The number of nitrogens with zero attached hydrogens (tertiary/aromatic N) is 4. The highest BCUT2D eigenvalue weighted by Gasteiger charge is 2.20. The Labute approximate surface area is 327 Å². The van der Waals surface area contributed by atoms with Crippen LogP contribution in [-0.4, -0.2) is 19.1 Å². The molecule has 0 aliphatic heterocycles. The van der Waals surface area contributed by atoms with Crippen molar-refractivity contribution < 1.29 is 4.42 Å². The summed E-state index contributed by atoms with van der Waals surface area (Å²) in [6.07, 6.45) is 0. The maximum absolute atomic E-state index is 6.52. The maximum atomic E-state index is 6.52. The van der Waals surface area contributed by atoms with Gasteiger partial charge in [0.05, 0.1) is 38.8 Å². The minimum absolute atomic E-state index is 0.643. The SMILES string of the molecule is c1ccc(-c2cc(-c3ccccc3)nc(-n3c4ccccc4c4cc(-c5ccc(-n6c7ccccc7c7c8oc9ccccc9c8ccc76)cc5)ccc43)n2)cc1. The van der Waals surface area contributed by atoms with Gasteiger partial charge in [-0.1, -0.05) is 133 Å². The first-order chi connectivity index (χ1) is 28.3. The van der Waals surface area contributed by atoms with Gasteiger partial charge in [-0.15, -0.1) is 0 Å². The van der Waals surface area contributed by atoms with E-state index in [0.29, 0.717) is 5.95 Å². The Morgan fingerprint density at radius 1 is 0.351 bits per heavy atom. The van der Waals surface area contributed by atoms with Crippen LogP contribution in [0.4, 0.5) is 0 Å². The second kappa shape index (κ2) is 12.4. The zero-order valence-electron chi connectivity index (χ0n) is 30.7. The van der Waals surface area contributed by atoms with Gasteiger partial charge < -0.3 is 8.98 Å². The van der Waals surface area contributed by atoms with Gasteiger partial charge in [0.25, 0.3) is 0 Å². The fourth-order valence-electron chi connectivity index (χ4n) is 8.73. The van der Waals surface area contributed by atoms with Crippen LogP contribution in [0.2, 0.25) is 0 Å². The molecule has 57 heavy (non-hydrogen) atoms. The minimum Gasteiger partial charge on any atom is -0.455 e. The van der Waals surface area contributed by atoms with Crippen molar-refractivity contribution in [1.29, 1.82) is 0 Å². The Morgan fingerprint density at radius 2 is 0.912 bits per heavy atom. The molecule has 0 radical (unpaired) electrons. The summed E-state index contributed by atoms with van der Waals surface area (Å²) >= 11 is 0. The van der Waals surface area contributed by atoms with Crippen molar-refractivity contribution in [3.05, 3.63) is 194 Å². The zero-order chi connectivity index (χ0) is 37.5. The number of para-hydroxylation sites is 3. The first-order valence-corrected chi connectivity index (χ1v) is 19.2. The normalized spacial score (nSPS) is 11.9. The molecule has 0 aliphatic carbocycles. The van der Waals surface area contributed by atoms with Crippen LogP contribution in [0, 0.1) is 0 Å². The van der Waals surface area contributed by atoms with Crippen LogP contribution in [-0.2, 0) is 0 Å². The third kappa shape index (κ3) is 4.89. The van der Waals surface area contributed by atoms with Gasteiger partial charge in [0.1, 0.15) is 11.2 Å². The Bertz CT molecular complexity index is 3450. The molecule has 12 rings (SSSR count). The number of hydrogen-bond donors (Lipinski definition) is 0. The van der Waals surface area contributed by atoms with Crippen molar-refractivity contribution in [1.82, 2.24) is 19.1 Å². The van der Waals surface area contributed by atoms with Gasteiger partial charge >= 0.3 is 0 Å². The quantitative estimate of drug-likeness (QED) is 0.177. The Balaban J connectivity index is 0.992. The molecule has 0 bridgehead atoms. The lowest BCUT2D eigenvalue weighted by Gasteiger charge is -2.12. The van der Waals surface area contributed by atoms with Crippen LogP contribution in [0.1, 0.15) is 0 Å². The van der Waals surface area contributed by atoms with E-state index in [4.69, 9.17) is 14.4 Å².